The van der Waals surface area contributed by atoms with Crippen molar-refractivity contribution in [1.82, 2.24) is 19.9 Å². The number of halogens is 1. The van der Waals surface area contributed by atoms with Crippen molar-refractivity contribution in [3.63, 3.8) is 0 Å². The molecule has 0 spiro atoms. The van der Waals surface area contributed by atoms with E-state index in [9.17, 15) is 0 Å². The van der Waals surface area contributed by atoms with Crippen LogP contribution in [0.2, 0.25) is 0 Å². The fraction of sp³-hybridized carbons (Fsp3) is 0.273. The van der Waals surface area contributed by atoms with Crippen LogP contribution in [0, 0.1) is 6.92 Å². The number of pyridine rings is 1. The Balaban J connectivity index is 2.51. The summed E-state index contributed by atoms with van der Waals surface area (Å²) in [5.74, 6) is 1.86. The van der Waals surface area contributed by atoms with Gasteiger partial charge in [0, 0.05) is 35.2 Å². The SMILES string of the molecule is CNCc1cc(Br)cnc1-n1ccnc1C. The van der Waals surface area contributed by atoms with Gasteiger partial charge in [-0.25, -0.2) is 9.97 Å². The molecule has 16 heavy (non-hydrogen) atoms. The van der Waals surface area contributed by atoms with Gasteiger partial charge in [-0.1, -0.05) is 0 Å². The van der Waals surface area contributed by atoms with Crippen molar-refractivity contribution in [2.24, 2.45) is 0 Å². The molecule has 1 N–H and O–H groups in total. The summed E-state index contributed by atoms with van der Waals surface area (Å²) in [7, 11) is 1.92. The lowest BCUT2D eigenvalue weighted by atomic mass is 10.2. The van der Waals surface area contributed by atoms with Crippen molar-refractivity contribution in [3.05, 3.63) is 40.5 Å². The van der Waals surface area contributed by atoms with Crippen LogP contribution in [0.1, 0.15) is 11.4 Å². The van der Waals surface area contributed by atoms with E-state index in [1.807, 2.05) is 24.7 Å². The van der Waals surface area contributed by atoms with Crippen molar-refractivity contribution < 1.29 is 0 Å². The zero-order chi connectivity index (χ0) is 11.5. The first-order valence-electron chi connectivity index (χ1n) is 5.01. The molecule has 0 saturated carbocycles. The zero-order valence-electron chi connectivity index (χ0n) is 9.24. The van der Waals surface area contributed by atoms with E-state index in [-0.39, 0.29) is 0 Å². The standard InChI is InChI=1S/C11H13BrN4/c1-8-14-3-4-16(8)11-9(6-13-2)5-10(12)7-15-11/h3-5,7,13H,6H2,1-2H3. The van der Waals surface area contributed by atoms with Gasteiger partial charge in [-0.05, 0) is 36.0 Å². The van der Waals surface area contributed by atoms with Gasteiger partial charge in [0.15, 0.2) is 0 Å². The summed E-state index contributed by atoms with van der Waals surface area (Å²) in [5, 5.41) is 3.14. The fourth-order valence-corrected chi connectivity index (χ4v) is 1.99. The maximum absolute atomic E-state index is 4.44. The highest BCUT2D eigenvalue weighted by Gasteiger charge is 2.08. The molecular formula is C11H13BrN4. The van der Waals surface area contributed by atoms with Gasteiger partial charge in [0.25, 0.3) is 0 Å². The number of nitrogens with one attached hydrogen (secondary N) is 1. The monoisotopic (exact) mass is 280 g/mol. The molecule has 0 aliphatic heterocycles. The zero-order valence-corrected chi connectivity index (χ0v) is 10.8. The third-order valence-electron chi connectivity index (χ3n) is 2.33. The Morgan fingerprint density at radius 3 is 2.88 bits per heavy atom. The van der Waals surface area contributed by atoms with Crippen LogP contribution >= 0.6 is 15.9 Å². The number of aryl methyl sites for hydroxylation is 1. The lowest BCUT2D eigenvalue weighted by Gasteiger charge is -2.10. The smallest absolute Gasteiger partial charge is 0.142 e. The quantitative estimate of drug-likeness (QED) is 0.936. The third kappa shape index (κ3) is 2.15. The van der Waals surface area contributed by atoms with E-state index in [0.717, 1.165) is 28.2 Å². The molecule has 0 unspecified atom stereocenters. The molecule has 0 saturated heterocycles. The molecule has 0 atom stereocenters. The molecule has 0 radical (unpaired) electrons. The Labute approximate surface area is 103 Å². The number of hydrogen-bond donors (Lipinski definition) is 1. The van der Waals surface area contributed by atoms with Gasteiger partial charge >= 0.3 is 0 Å². The minimum atomic E-state index is 0.777. The van der Waals surface area contributed by atoms with Gasteiger partial charge in [0.1, 0.15) is 11.6 Å². The Hall–Kier alpha value is -1.20. The average Bonchev–Trinajstić information content (AvgIpc) is 2.65. The molecule has 84 valence electrons. The van der Waals surface area contributed by atoms with Gasteiger partial charge in [0.05, 0.1) is 0 Å². The second kappa shape index (κ2) is 4.76. The van der Waals surface area contributed by atoms with E-state index in [1.54, 1.807) is 12.4 Å². The molecule has 5 heteroatoms. The van der Waals surface area contributed by atoms with Gasteiger partial charge in [0.2, 0.25) is 0 Å². The van der Waals surface area contributed by atoms with Crippen LogP contribution in [0.4, 0.5) is 0 Å². The summed E-state index contributed by atoms with van der Waals surface area (Å²) in [5.41, 5.74) is 1.14. The Kier molecular flexibility index (Phi) is 3.36. The van der Waals surface area contributed by atoms with Gasteiger partial charge < -0.3 is 5.32 Å². The number of aromatic nitrogens is 3. The van der Waals surface area contributed by atoms with Crippen LogP contribution < -0.4 is 5.32 Å². The molecule has 0 aromatic carbocycles. The molecule has 0 amide bonds. The number of nitrogens with zero attached hydrogens (tertiary/aromatic N) is 3. The summed E-state index contributed by atoms with van der Waals surface area (Å²) in [4.78, 5) is 8.64. The summed E-state index contributed by atoms with van der Waals surface area (Å²) in [6, 6.07) is 2.07. The number of imidazole rings is 1. The lowest BCUT2D eigenvalue weighted by Crippen LogP contribution is -2.11. The van der Waals surface area contributed by atoms with Crippen LogP contribution in [0.25, 0.3) is 5.82 Å². The minimum Gasteiger partial charge on any atom is -0.316 e. The Morgan fingerprint density at radius 2 is 2.25 bits per heavy atom. The van der Waals surface area contributed by atoms with Crippen LogP contribution in [0.5, 0.6) is 0 Å². The molecule has 2 rings (SSSR count). The highest BCUT2D eigenvalue weighted by molar-refractivity contribution is 9.10. The van der Waals surface area contributed by atoms with E-state index >= 15 is 0 Å². The van der Waals surface area contributed by atoms with Crippen molar-refractivity contribution in [2.45, 2.75) is 13.5 Å². The topological polar surface area (TPSA) is 42.7 Å². The Morgan fingerprint density at radius 1 is 1.44 bits per heavy atom. The molecule has 0 aliphatic carbocycles. The largest absolute Gasteiger partial charge is 0.316 e. The minimum absolute atomic E-state index is 0.777. The van der Waals surface area contributed by atoms with Gasteiger partial charge in [-0.2, -0.15) is 0 Å². The normalized spacial score (nSPS) is 10.7. The van der Waals surface area contributed by atoms with E-state index in [2.05, 4.69) is 37.3 Å². The molecule has 2 aromatic heterocycles. The van der Waals surface area contributed by atoms with Crippen LogP contribution in [0.15, 0.2) is 29.1 Å². The molecule has 0 bridgehead atoms. The highest BCUT2D eigenvalue weighted by Crippen LogP contribution is 2.18. The van der Waals surface area contributed by atoms with Crippen molar-refractivity contribution in [3.8, 4) is 5.82 Å². The molecule has 4 nitrogen and oxygen atoms in total. The summed E-state index contributed by atoms with van der Waals surface area (Å²) in [6.45, 7) is 2.74. The maximum atomic E-state index is 4.44. The first kappa shape index (κ1) is 11.3. The van der Waals surface area contributed by atoms with Crippen molar-refractivity contribution in [1.29, 1.82) is 0 Å². The third-order valence-corrected chi connectivity index (χ3v) is 2.76. The fourth-order valence-electron chi connectivity index (χ4n) is 1.61. The molecule has 0 fully saturated rings. The summed E-state index contributed by atoms with van der Waals surface area (Å²) < 4.78 is 2.97. The second-order valence-electron chi connectivity index (χ2n) is 3.51. The average molecular weight is 281 g/mol. The van der Waals surface area contributed by atoms with Crippen molar-refractivity contribution in [2.75, 3.05) is 7.05 Å². The van der Waals surface area contributed by atoms with Crippen LogP contribution in [0.3, 0.4) is 0 Å². The molecular weight excluding hydrogens is 268 g/mol. The summed E-state index contributed by atoms with van der Waals surface area (Å²) >= 11 is 3.43. The number of hydrogen-bond acceptors (Lipinski definition) is 3. The van der Waals surface area contributed by atoms with E-state index in [1.165, 1.54) is 0 Å². The first-order valence-corrected chi connectivity index (χ1v) is 5.81. The molecule has 2 aromatic rings. The molecule has 0 aliphatic rings. The van der Waals surface area contributed by atoms with Crippen LogP contribution in [-0.2, 0) is 6.54 Å². The first-order chi connectivity index (χ1) is 7.72. The predicted molar refractivity (Wildman–Crippen MR) is 66.6 cm³/mol. The predicted octanol–water partition coefficient (Wildman–Crippen LogP) is 2.06. The van der Waals surface area contributed by atoms with E-state index in [4.69, 9.17) is 0 Å². The van der Waals surface area contributed by atoms with Gasteiger partial charge in [-0.3, -0.25) is 4.57 Å². The van der Waals surface area contributed by atoms with E-state index < -0.39 is 0 Å². The summed E-state index contributed by atoms with van der Waals surface area (Å²) in [6.07, 6.45) is 5.50. The second-order valence-corrected chi connectivity index (χ2v) is 4.43. The van der Waals surface area contributed by atoms with Crippen molar-refractivity contribution >= 4 is 15.9 Å². The Bertz CT molecular complexity index is 492. The number of rotatable bonds is 3. The maximum Gasteiger partial charge on any atom is 0.142 e. The van der Waals surface area contributed by atoms with E-state index in [0.29, 0.717) is 0 Å². The highest BCUT2D eigenvalue weighted by atomic mass is 79.9. The van der Waals surface area contributed by atoms with Gasteiger partial charge in [-0.15, -0.1) is 0 Å². The lowest BCUT2D eigenvalue weighted by molar-refractivity contribution is 0.791. The molecule has 2 heterocycles. The van der Waals surface area contributed by atoms with Crippen LogP contribution in [-0.4, -0.2) is 21.6 Å².